The molecule has 2 heterocycles. The Bertz CT molecular complexity index is 855. The van der Waals surface area contributed by atoms with E-state index in [0.717, 1.165) is 16.8 Å². The third kappa shape index (κ3) is 4.94. The number of halogens is 1. The molecule has 1 fully saturated rings. The van der Waals surface area contributed by atoms with Crippen molar-refractivity contribution in [3.8, 4) is 0 Å². The summed E-state index contributed by atoms with van der Waals surface area (Å²) in [5, 5.41) is 0. The monoisotopic (exact) mass is 383 g/mol. The second kappa shape index (κ2) is 8.95. The molecule has 5 nitrogen and oxygen atoms in total. The van der Waals surface area contributed by atoms with E-state index in [-0.39, 0.29) is 23.5 Å². The minimum Gasteiger partial charge on any atom is -0.342 e. The molecule has 0 aliphatic carbocycles. The van der Waals surface area contributed by atoms with Crippen molar-refractivity contribution in [1.29, 1.82) is 0 Å². The molecule has 3 rings (SSSR count). The zero-order valence-corrected chi connectivity index (χ0v) is 16.4. The molecule has 0 spiro atoms. The topological polar surface area (TPSA) is 53.5 Å². The van der Waals surface area contributed by atoms with Gasteiger partial charge in [0.15, 0.2) is 0 Å². The second-order valence-corrected chi connectivity index (χ2v) is 7.42. The van der Waals surface area contributed by atoms with Crippen LogP contribution >= 0.6 is 0 Å². The molecule has 1 aromatic carbocycles. The number of amides is 2. The lowest BCUT2D eigenvalue weighted by Gasteiger charge is -2.34. The number of carbonyl (C=O) groups excluding carboxylic acids is 2. The van der Waals surface area contributed by atoms with Crippen molar-refractivity contribution in [3.05, 3.63) is 65.2 Å². The predicted molar refractivity (Wildman–Crippen MR) is 105 cm³/mol. The standard InChI is InChI=1S/C22H26FN3O2/c1-16-5-4-11-24-20(16)15-25(2)22(28)18-8-9-21(27)26(14-18)12-10-17-6-3-7-19(23)13-17/h3-7,11,13,18H,8-10,12,14-15H2,1-2H3/t18-/m1/s1. The first-order valence-electron chi connectivity index (χ1n) is 9.61. The molecule has 1 aromatic heterocycles. The molecule has 1 saturated heterocycles. The van der Waals surface area contributed by atoms with Gasteiger partial charge in [-0.3, -0.25) is 14.6 Å². The predicted octanol–water partition coefficient (Wildman–Crippen LogP) is 2.97. The number of pyridine rings is 1. The molecule has 0 bridgehead atoms. The minimum absolute atomic E-state index is 0.0355. The summed E-state index contributed by atoms with van der Waals surface area (Å²) in [7, 11) is 1.78. The summed E-state index contributed by atoms with van der Waals surface area (Å²) in [5.74, 6) is -0.391. The molecular formula is C22H26FN3O2. The van der Waals surface area contributed by atoms with E-state index in [2.05, 4.69) is 4.98 Å². The summed E-state index contributed by atoms with van der Waals surface area (Å²) >= 11 is 0. The van der Waals surface area contributed by atoms with Crippen LogP contribution in [0.15, 0.2) is 42.6 Å². The summed E-state index contributed by atoms with van der Waals surface area (Å²) < 4.78 is 13.3. The van der Waals surface area contributed by atoms with Crippen LogP contribution in [0.5, 0.6) is 0 Å². The van der Waals surface area contributed by atoms with Crippen LogP contribution in [-0.4, -0.2) is 46.7 Å². The Morgan fingerprint density at radius 1 is 1.32 bits per heavy atom. The molecule has 2 aromatic rings. The lowest BCUT2D eigenvalue weighted by Crippen LogP contribution is -2.46. The molecule has 2 amide bonds. The number of aromatic nitrogens is 1. The van der Waals surface area contributed by atoms with Crippen molar-refractivity contribution in [2.45, 2.75) is 32.7 Å². The fourth-order valence-corrected chi connectivity index (χ4v) is 3.59. The Labute approximate surface area is 165 Å². The second-order valence-electron chi connectivity index (χ2n) is 7.42. The lowest BCUT2D eigenvalue weighted by atomic mass is 9.95. The first-order chi connectivity index (χ1) is 13.4. The number of carbonyl (C=O) groups is 2. The highest BCUT2D eigenvalue weighted by Crippen LogP contribution is 2.21. The number of likely N-dealkylation sites (tertiary alicyclic amines) is 1. The molecule has 6 heteroatoms. The van der Waals surface area contributed by atoms with E-state index in [1.54, 1.807) is 29.1 Å². The van der Waals surface area contributed by atoms with Crippen molar-refractivity contribution in [1.82, 2.24) is 14.8 Å². The highest BCUT2D eigenvalue weighted by atomic mass is 19.1. The van der Waals surface area contributed by atoms with Gasteiger partial charge in [-0.1, -0.05) is 18.2 Å². The van der Waals surface area contributed by atoms with Crippen molar-refractivity contribution in [2.24, 2.45) is 5.92 Å². The van der Waals surface area contributed by atoms with E-state index in [9.17, 15) is 14.0 Å². The van der Waals surface area contributed by atoms with E-state index in [1.165, 1.54) is 12.1 Å². The van der Waals surface area contributed by atoms with Gasteiger partial charge < -0.3 is 9.80 Å². The van der Waals surface area contributed by atoms with Gasteiger partial charge in [-0.05, 0) is 49.1 Å². The Kier molecular flexibility index (Phi) is 6.39. The smallest absolute Gasteiger partial charge is 0.227 e. The minimum atomic E-state index is -0.276. The average molecular weight is 383 g/mol. The Morgan fingerprint density at radius 2 is 2.14 bits per heavy atom. The fraction of sp³-hybridized carbons (Fsp3) is 0.409. The molecule has 0 N–H and O–H groups in total. The number of benzene rings is 1. The van der Waals surface area contributed by atoms with Crippen molar-refractivity contribution in [2.75, 3.05) is 20.1 Å². The number of hydrogen-bond donors (Lipinski definition) is 0. The quantitative estimate of drug-likeness (QED) is 0.771. The van der Waals surface area contributed by atoms with Crippen LogP contribution in [0, 0.1) is 18.7 Å². The van der Waals surface area contributed by atoms with E-state index in [1.807, 2.05) is 25.1 Å². The van der Waals surface area contributed by atoms with Gasteiger partial charge in [-0.2, -0.15) is 0 Å². The van der Waals surface area contributed by atoms with E-state index >= 15 is 0 Å². The maximum atomic E-state index is 13.3. The molecule has 0 unspecified atom stereocenters. The highest BCUT2D eigenvalue weighted by molar-refractivity contribution is 5.83. The molecule has 148 valence electrons. The zero-order chi connectivity index (χ0) is 20.1. The Morgan fingerprint density at radius 3 is 2.89 bits per heavy atom. The summed E-state index contributed by atoms with van der Waals surface area (Å²) in [6, 6.07) is 10.3. The third-order valence-electron chi connectivity index (χ3n) is 5.29. The van der Waals surface area contributed by atoms with Gasteiger partial charge in [0.05, 0.1) is 18.2 Å². The summed E-state index contributed by atoms with van der Waals surface area (Å²) in [6.45, 7) is 3.35. The van der Waals surface area contributed by atoms with Gasteiger partial charge in [0.2, 0.25) is 11.8 Å². The van der Waals surface area contributed by atoms with Crippen LogP contribution in [0.4, 0.5) is 4.39 Å². The van der Waals surface area contributed by atoms with E-state index in [0.29, 0.717) is 38.9 Å². The Balaban J connectivity index is 1.58. The molecule has 0 radical (unpaired) electrons. The third-order valence-corrected chi connectivity index (χ3v) is 5.29. The van der Waals surface area contributed by atoms with Crippen LogP contribution in [0.2, 0.25) is 0 Å². The SMILES string of the molecule is Cc1cccnc1CN(C)C(=O)[C@@H]1CCC(=O)N(CCc2cccc(F)c2)C1. The number of hydrogen-bond acceptors (Lipinski definition) is 3. The first-order valence-corrected chi connectivity index (χ1v) is 9.61. The number of rotatable bonds is 6. The van der Waals surface area contributed by atoms with Crippen LogP contribution in [0.1, 0.15) is 29.7 Å². The molecule has 28 heavy (non-hydrogen) atoms. The zero-order valence-electron chi connectivity index (χ0n) is 16.4. The van der Waals surface area contributed by atoms with Crippen LogP contribution in [0.25, 0.3) is 0 Å². The van der Waals surface area contributed by atoms with Gasteiger partial charge in [0.25, 0.3) is 0 Å². The number of nitrogens with zero attached hydrogens (tertiary/aromatic N) is 3. The molecule has 1 aliphatic heterocycles. The number of aryl methyl sites for hydroxylation is 1. The Hall–Kier alpha value is -2.76. The fourth-order valence-electron chi connectivity index (χ4n) is 3.59. The summed E-state index contributed by atoms with van der Waals surface area (Å²) in [6.07, 6.45) is 3.25. The normalized spacial score (nSPS) is 16.9. The van der Waals surface area contributed by atoms with E-state index < -0.39 is 0 Å². The number of piperidine rings is 1. The molecule has 1 atom stereocenters. The van der Waals surface area contributed by atoms with Crippen LogP contribution in [-0.2, 0) is 22.6 Å². The van der Waals surface area contributed by atoms with E-state index in [4.69, 9.17) is 0 Å². The van der Waals surface area contributed by atoms with Gasteiger partial charge in [0.1, 0.15) is 5.82 Å². The summed E-state index contributed by atoms with van der Waals surface area (Å²) in [5.41, 5.74) is 2.79. The molecule has 0 saturated carbocycles. The van der Waals surface area contributed by atoms with Crippen molar-refractivity contribution >= 4 is 11.8 Å². The highest BCUT2D eigenvalue weighted by Gasteiger charge is 2.31. The maximum absolute atomic E-state index is 13.3. The molecular weight excluding hydrogens is 357 g/mol. The average Bonchev–Trinajstić information content (AvgIpc) is 2.68. The van der Waals surface area contributed by atoms with Crippen molar-refractivity contribution < 1.29 is 14.0 Å². The molecule has 1 aliphatic rings. The van der Waals surface area contributed by atoms with Gasteiger partial charge in [-0.15, -0.1) is 0 Å². The van der Waals surface area contributed by atoms with Crippen LogP contribution in [0.3, 0.4) is 0 Å². The van der Waals surface area contributed by atoms with Crippen LogP contribution < -0.4 is 0 Å². The van der Waals surface area contributed by atoms with Gasteiger partial charge in [0, 0.05) is 32.8 Å². The van der Waals surface area contributed by atoms with Crippen molar-refractivity contribution in [3.63, 3.8) is 0 Å². The largest absolute Gasteiger partial charge is 0.342 e. The maximum Gasteiger partial charge on any atom is 0.227 e. The lowest BCUT2D eigenvalue weighted by molar-refractivity contribution is -0.142. The first kappa shape index (κ1) is 20.0. The summed E-state index contributed by atoms with van der Waals surface area (Å²) in [4.78, 5) is 33.0. The van der Waals surface area contributed by atoms with Gasteiger partial charge in [-0.25, -0.2) is 4.39 Å². The van der Waals surface area contributed by atoms with Gasteiger partial charge >= 0.3 is 0 Å².